The Morgan fingerprint density at radius 3 is 2.30 bits per heavy atom. The van der Waals surface area contributed by atoms with Crippen LogP contribution in [0.4, 0.5) is 0 Å². The van der Waals surface area contributed by atoms with Gasteiger partial charge in [-0.25, -0.2) is 4.68 Å². The van der Waals surface area contributed by atoms with Gasteiger partial charge in [-0.3, -0.25) is 24.3 Å². The summed E-state index contributed by atoms with van der Waals surface area (Å²) in [6, 6.07) is 6.38. The molecule has 2 heterocycles. The fourth-order valence-electron chi connectivity index (χ4n) is 3.26. The van der Waals surface area contributed by atoms with Gasteiger partial charge in [0.2, 0.25) is 0 Å². The van der Waals surface area contributed by atoms with Crippen molar-refractivity contribution in [2.45, 2.75) is 38.6 Å². The molecule has 1 aromatic heterocycles. The summed E-state index contributed by atoms with van der Waals surface area (Å²) in [5.41, 5.74) is -0.952. The molecule has 8 nitrogen and oxygen atoms in total. The number of fused-ring (bicyclic) bond motifs is 1. The van der Waals surface area contributed by atoms with Crippen molar-refractivity contribution in [1.29, 1.82) is 0 Å². The van der Waals surface area contributed by atoms with Crippen LogP contribution < -0.4 is 11.1 Å². The standard InChI is InChI=1S/C19H23N3O5/c23-16(21-10-6-2-1-3-7-11-21)13-27-17(24)12-22-19(26)15-9-5-4-8-14(15)18(25)20-22/h4-5,8-9H,1-3,6-7,10-13H2,(H,20,25). The van der Waals surface area contributed by atoms with Crippen molar-refractivity contribution in [2.24, 2.45) is 0 Å². The predicted molar refractivity (Wildman–Crippen MR) is 99.5 cm³/mol. The number of hydrogen-bond donors (Lipinski definition) is 1. The van der Waals surface area contributed by atoms with Crippen molar-refractivity contribution in [3.05, 3.63) is 45.0 Å². The van der Waals surface area contributed by atoms with Crippen molar-refractivity contribution >= 4 is 22.6 Å². The summed E-state index contributed by atoms with van der Waals surface area (Å²) in [5, 5.41) is 2.86. The summed E-state index contributed by atoms with van der Waals surface area (Å²) in [6.07, 6.45) is 5.29. The van der Waals surface area contributed by atoms with Crippen LogP contribution in [0.2, 0.25) is 0 Å². The number of rotatable bonds is 4. The molecule has 0 aliphatic carbocycles. The van der Waals surface area contributed by atoms with Crippen molar-refractivity contribution in [1.82, 2.24) is 14.7 Å². The minimum absolute atomic E-state index is 0.228. The molecule has 0 saturated carbocycles. The SMILES string of the molecule is O=C(Cn1[nH]c(=O)c2ccccc2c1=O)OCC(=O)N1CCCCCCC1. The van der Waals surface area contributed by atoms with Crippen LogP contribution in [0.1, 0.15) is 32.1 Å². The van der Waals surface area contributed by atoms with E-state index in [1.165, 1.54) is 12.5 Å². The number of aromatic nitrogens is 2. The number of nitrogens with one attached hydrogen (secondary N) is 1. The van der Waals surface area contributed by atoms with Gasteiger partial charge >= 0.3 is 5.97 Å². The zero-order valence-corrected chi connectivity index (χ0v) is 15.1. The smallest absolute Gasteiger partial charge is 0.328 e. The molecular formula is C19H23N3O5. The van der Waals surface area contributed by atoms with Crippen LogP contribution in [0.5, 0.6) is 0 Å². The van der Waals surface area contributed by atoms with Gasteiger partial charge < -0.3 is 9.64 Å². The Morgan fingerprint density at radius 2 is 1.59 bits per heavy atom. The maximum atomic E-state index is 12.4. The summed E-state index contributed by atoms with van der Waals surface area (Å²) in [5.74, 6) is -0.979. The zero-order chi connectivity index (χ0) is 19.2. The number of esters is 1. The highest BCUT2D eigenvalue weighted by Crippen LogP contribution is 2.10. The molecule has 0 spiro atoms. The van der Waals surface area contributed by atoms with Gasteiger partial charge in [0.05, 0.1) is 10.8 Å². The molecule has 1 N–H and O–H groups in total. The number of amides is 1. The van der Waals surface area contributed by atoms with Crippen LogP contribution in [0.15, 0.2) is 33.9 Å². The zero-order valence-electron chi connectivity index (χ0n) is 15.1. The van der Waals surface area contributed by atoms with E-state index in [1.807, 2.05) is 0 Å². The maximum absolute atomic E-state index is 12.4. The van der Waals surface area contributed by atoms with Crippen LogP contribution in [0.3, 0.4) is 0 Å². The summed E-state index contributed by atoms with van der Waals surface area (Å²) in [4.78, 5) is 50.4. The van der Waals surface area contributed by atoms with E-state index in [0.717, 1.165) is 30.4 Å². The molecule has 1 saturated heterocycles. The van der Waals surface area contributed by atoms with Crippen LogP contribution in [-0.4, -0.2) is 46.3 Å². The van der Waals surface area contributed by atoms with Crippen molar-refractivity contribution < 1.29 is 14.3 Å². The molecule has 27 heavy (non-hydrogen) atoms. The maximum Gasteiger partial charge on any atom is 0.328 e. The van der Waals surface area contributed by atoms with E-state index in [2.05, 4.69) is 5.10 Å². The van der Waals surface area contributed by atoms with Gasteiger partial charge in [-0.05, 0) is 25.0 Å². The van der Waals surface area contributed by atoms with Crippen molar-refractivity contribution in [3.63, 3.8) is 0 Å². The Balaban J connectivity index is 1.62. The minimum atomic E-state index is -0.747. The quantitative estimate of drug-likeness (QED) is 0.807. The Kier molecular flexibility index (Phi) is 6.05. The van der Waals surface area contributed by atoms with Gasteiger partial charge in [0.1, 0.15) is 6.54 Å². The third kappa shape index (κ3) is 4.64. The molecule has 1 aliphatic heterocycles. The first-order valence-electron chi connectivity index (χ1n) is 9.21. The highest BCUT2D eigenvalue weighted by Gasteiger charge is 2.17. The van der Waals surface area contributed by atoms with E-state index < -0.39 is 23.6 Å². The van der Waals surface area contributed by atoms with Crippen LogP contribution in [0.25, 0.3) is 10.8 Å². The molecule has 144 valence electrons. The van der Waals surface area contributed by atoms with Gasteiger partial charge in [0, 0.05) is 13.1 Å². The third-order valence-electron chi connectivity index (χ3n) is 4.74. The highest BCUT2D eigenvalue weighted by atomic mass is 16.5. The van der Waals surface area contributed by atoms with Crippen molar-refractivity contribution in [3.8, 4) is 0 Å². The normalized spacial score (nSPS) is 15.2. The molecule has 0 atom stereocenters. The molecule has 1 aromatic carbocycles. The summed E-state index contributed by atoms with van der Waals surface area (Å²) < 4.78 is 5.94. The molecule has 2 aromatic rings. The van der Waals surface area contributed by atoms with Gasteiger partial charge in [-0.1, -0.05) is 31.4 Å². The predicted octanol–water partition coefficient (Wildman–Crippen LogP) is 1.03. The lowest BCUT2D eigenvalue weighted by Gasteiger charge is -2.24. The number of ether oxygens (including phenoxy) is 1. The summed E-state index contributed by atoms with van der Waals surface area (Å²) in [6.45, 7) is 0.541. The number of hydrogen-bond acceptors (Lipinski definition) is 5. The minimum Gasteiger partial charge on any atom is -0.454 e. The molecule has 1 fully saturated rings. The first-order valence-corrected chi connectivity index (χ1v) is 9.21. The summed E-state index contributed by atoms with van der Waals surface area (Å²) in [7, 11) is 0. The molecule has 1 amide bonds. The van der Waals surface area contributed by atoms with E-state index >= 15 is 0 Å². The third-order valence-corrected chi connectivity index (χ3v) is 4.74. The van der Waals surface area contributed by atoms with E-state index in [4.69, 9.17) is 4.74 Å². The fraction of sp³-hybridized carbons (Fsp3) is 0.474. The molecule has 0 bridgehead atoms. The number of likely N-dealkylation sites (tertiary alicyclic amines) is 1. The molecule has 3 rings (SSSR count). The second-order valence-corrected chi connectivity index (χ2v) is 6.69. The van der Waals surface area contributed by atoms with Crippen LogP contribution in [-0.2, 0) is 20.9 Å². The number of benzene rings is 1. The van der Waals surface area contributed by atoms with Gasteiger partial charge in [0.25, 0.3) is 17.0 Å². The second-order valence-electron chi connectivity index (χ2n) is 6.69. The molecule has 1 aliphatic rings. The number of carbonyl (C=O) groups excluding carboxylic acids is 2. The van der Waals surface area contributed by atoms with E-state index in [9.17, 15) is 19.2 Å². The molecular weight excluding hydrogens is 350 g/mol. The lowest BCUT2D eigenvalue weighted by atomic mass is 10.1. The first-order chi connectivity index (χ1) is 13.1. The van der Waals surface area contributed by atoms with E-state index in [-0.39, 0.29) is 23.3 Å². The Hall–Kier alpha value is -2.90. The Labute approximate surface area is 155 Å². The van der Waals surface area contributed by atoms with E-state index in [1.54, 1.807) is 23.1 Å². The largest absolute Gasteiger partial charge is 0.454 e. The number of H-pyrrole nitrogens is 1. The lowest BCUT2D eigenvalue weighted by Crippen LogP contribution is -2.38. The Morgan fingerprint density at radius 1 is 0.963 bits per heavy atom. The van der Waals surface area contributed by atoms with E-state index in [0.29, 0.717) is 13.1 Å². The topological polar surface area (TPSA) is 101 Å². The number of carbonyl (C=O) groups is 2. The van der Waals surface area contributed by atoms with Crippen molar-refractivity contribution in [2.75, 3.05) is 19.7 Å². The average Bonchev–Trinajstić information content (AvgIpc) is 2.64. The van der Waals surface area contributed by atoms with Crippen LogP contribution in [0, 0.1) is 0 Å². The van der Waals surface area contributed by atoms with Gasteiger partial charge in [-0.2, -0.15) is 0 Å². The van der Waals surface area contributed by atoms with Crippen LogP contribution >= 0.6 is 0 Å². The molecule has 0 radical (unpaired) electrons. The van der Waals surface area contributed by atoms with Gasteiger partial charge in [-0.15, -0.1) is 0 Å². The fourth-order valence-corrected chi connectivity index (χ4v) is 3.26. The lowest BCUT2D eigenvalue weighted by molar-refractivity contribution is -0.152. The monoisotopic (exact) mass is 373 g/mol. The summed E-state index contributed by atoms with van der Waals surface area (Å²) >= 11 is 0. The average molecular weight is 373 g/mol. The number of nitrogens with zero attached hydrogens (tertiary/aromatic N) is 2. The highest BCUT2D eigenvalue weighted by molar-refractivity contribution is 5.82. The van der Waals surface area contributed by atoms with Gasteiger partial charge in [0.15, 0.2) is 6.61 Å². The number of aromatic amines is 1. The molecule has 0 unspecified atom stereocenters. The second kappa shape index (κ2) is 8.66. The first kappa shape index (κ1) is 18.9. The molecule has 8 heteroatoms. The Bertz CT molecular complexity index is 938.